The van der Waals surface area contributed by atoms with Crippen LogP contribution in [-0.4, -0.2) is 31.2 Å². The van der Waals surface area contributed by atoms with Gasteiger partial charge >= 0.3 is 0 Å². The van der Waals surface area contributed by atoms with Crippen molar-refractivity contribution in [3.05, 3.63) is 60.2 Å². The minimum atomic E-state index is -3.84. The van der Waals surface area contributed by atoms with Gasteiger partial charge in [0.05, 0.1) is 10.6 Å². The molecule has 1 saturated heterocycles. The SMILES string of the molecule is O=C(Nc1cccc(F)c1F)C1CCCN1S(=O)(=O)c1ccccc1. The van der Waals surface area contributed by atoms with Gasteiger partial charge in [0, 0.05) is 6.54 Å². The summed E-state index contributed by atoms with van der Waals surface area (Å²) in [6, 6.07) is 10.3. The van der Waals surface area contributed by atoms with Crippen molar-refractivity contribution >= 4 is 21.6 Å². The Bertz CT molecular complexity index is 888. The molecule has 1 fully saturated rings. The molecule has 0 bridgehead atoms. The number of benzene rings is 2. The summed E-state index contributed by atoms with van der Waals surface area (Å²) in [5.41, 5.74) is -0.311. The first-order valence-corrected chi connectivity index (χ1v) is 9.17. The average molecular weight is 366 g/mol. The largest absolute Gasteiger partial charge is 0.322 e. The molecule has 3 rings (SSSR count). The molecule has 0 radical (unpaired) electrons. The maximum absolute atomic E-state index is 13.7. The van der Waals surface area contributed by atoms with Crippen LogP contribution in [0.5, 0.6) is 0 Å². The lowest BCUT2D eigenvalue weighted by Crippen LogP contribution is -2.43. The molecule has 1 atom stereocenters. The third-order valence-electron chi connectivity index (χ3n) is 4.07. The number of nitrogens with one attached hydrogen (secondary N) is 1. The molecular formula is C17H16F2N2O3S. The second-order valence-electron chi connectivity index (χ2n) is 5.68. The Hall–Kier alpha value is -2.32. The average Bonchev–Trinajstić information content (AvgIpc) is 3.10. The van der Waals surface area contributed by atoms with Crippen LogP contribution in [0.1, 0.15) is 12.8 Å². The second-order valence-corrected chi connectivity index (χ2v) is 7.57. The van der Waals surface area contributed by atoms with Crippen LogP contribution in [0.2, 0.25) is 0 Å². The fourth-order valence-corrected chi connectivity index (χ4v) is 4.51. The molecule has 0 aromatic heterocycles. The van der Waals surface area contributed by atoms with Crippen LogP contribution in [0, 0.1) is 11.6 Å². The van der Waals surface area contributed by atoms with E-state index in [1.54, 1.807) is 18.2 Å². The highest BCUT2D eigenvalue weighted by Crippen LogP contribution is 2.27. The van der Waals surface area contributed by atoms with Crippen molar-refractivity contribution in [1.29, 1.82) is 0 Å². The van der Waals surface area contributed by atoms with Gasteiger partial charge in [-0.3, -0.25) is 4.79 Å². The highest BCUT2D eigenvalue weighted by atomic mass is 32.2. The molecule has 2 aromatic carbocycles. The number of carbonyl (C=O) groups excluding carboxylic acids is 1. The standard InChI is InChI=1S/C17H16F2N2O3S/c18-13-8-4-9-14(16(13)19)20-17(22)15-10-5-11-21(15)25(23,24)12-6-2-1-3-7-12/h1-4,6-9,15H,5,10-11H2,(H,20,22). The van der Waals surface area contributed by atoms with E-state index < -0.39 is 33.6 Å². The molecule has 5 nitrogen and oxygen atoms in total. The molecule has 8 heteroatoms. The lowest BCUT2D eigenvalue weighted by Gasteiger charge is -2.23. The number of anilines is 1. The van der Waals surface area contributed by atoms with Crippen LogP contribution >= 0.6 is 0 Å². The predicted octanol–water partition coefficient (Wildman–Crippen LogP) is 2.76. The Morgan fingerprint density at radius 3 is 2.52 bits per heavy atom. The van der Waals surface area contributed by atoms with E-state index in [9.17, 15) is 22.0 Å². The summed E-state index contributed by atoms with van der Waals surface area (Å²) in [6.07, 6.45) is 0.824. The van der Waals surface area contributed by atoms with Crippen molar-refractivity contribution in [3.63, 3.8) is 0 Å². The van der Waals surface area contributed by atoms with E-state index in [2.05, 4.69) is 5.32 Å². The molecule has 0 aliphatic carbocycles. The molecule has 1 aliphatic heterocycles. The maximum atomic E-state index is 13.7. The summed E-state index contributed by atoms with van der Waals surface area (Å²) in [4.78, 5) is 12.5. The summed E-state index contributed by atoms with van der Waals surface area (Å²) in [7, 11) is -3.84. The number of nitrogens with zero attached hydrogens (tertiary/aromatic N) is 1. The Morgan fingerprint density at radius 2 is 1.80 bits per heavy atom. The molecule has 1 aliphatic rings. The van der Waals surface area contributed by atoms with Crippen molar-refractivity contribution in [3.8, 4) is 0 Å². The molecule has 1 N–H and O–H groups in total. The molecule has 1 unspecified atom stereocenters. The number of hydrogen-bond acceptors (Lipinski definition) is 3. The van der Waals surface area contributed by atoms with E-state index in [0.29, 0.717) is 12.8 Å². The normalized spacial score (nSPS) is 18.2. The van der Waals surface area contributed by atoms with Crippen molar-refractivity contribution < 1.29 is 22.0 Å². The fraction of sp³-hybridized carbons (Fsp3) is 0.235. The molecule has 2 aromatic rings. The monoisotopic (exact) mass is 366 g/mol. The van der Waals surface area contributed by atoms with Crippen molar-refractivity contribution in [2.45, 2.75) is 23.8 Å². The van der Waals surface area contributed by atoms with Gasteiger partial charge in [-0.25, -0.2) is 17.2 Å². The summed E-state index contributed by atoms with van der Waals surface area (Å²) >= 11 is 0. The maximum Gasteiger partial charge on any atom is 0.243 e. The molecule has 132 valence electrons. The number of carbonyl (C=O) groups is 1. The van der Waals surface area contributed by atoms with E-state index in [0.717, 1.165) is 10.4 Å². The highest BCUT2D eigenvalue weighted by molar-refractivity contribution is 7.89. The van der Waals surface area contributed by atoms with Crippen molar-refractivity contribution in [1.82, 2.24) is 4.31 Å². The smallest absolute Gasteiger partial charge is 0.243 e. The zero-order chi connectivity index (χ0) is 18.0. The highest BCUT2D eigenvalue weighted by Gasteiger charge is 2.39. The van der Waals surface area contributed by atoms with E-state index in [1.165, 1.54) is 24.3 Å². The van der Waals surface area contributed by atoms with Crippen molar-refractivity contribution in [2.24, 2.45) is 0 Å². The van der Waals surface area contributed by atoms with E-state index in [1.807, 2.05) is 0 Å². The van der Waals surface area contributed by atoms with E-state index in [4.69, 9.17) is 0 Å². The van der Waals surface area contributed by atoms with E-state index in [-0.39, 0.29) is 17.1 Å². The van der Waals surface area contributed by atoms with Gasteiger partial charge in [-0.05, 0) is 37.1 Å². The summed E-state index contributed by atoms with van der Waals surface area (Å²) in [5.74, 6) is -2.94. The van der Waals surface area contributed by atoms with Crippen LogP contribution in [0.4, 0.5) is 14.5 Å². The number of rotatable bonds is 4. The van der Waals surface area contributed by atoms with Gasteiger partial charge in [0.2, 0.25) is 15.9 Å². The summed E-state index contributed by atoms with van der Waals surface area (Å²) in [5, 5.41) is 2.29. The first-order valence-electron chi connectivity index (χ1n) is 7.73. The topological polar surface area (TPSA) is 66.5 Å². The minimum absolute atomic E-state index is 0.0895. The van der Waals surface area contributed by atoms with Crippen LogP contribution < -0.4 is 5.32 Å². The number of amides is 1. The molecular weight excluding hydrogens is 350 g/mol. The van der Waals surface area contributed by atoms with Crippen LogP contribution in [0.15, 0.2) is 53.4 Å². The summed E-state index contributed by atoms with van der Waals surface area (Å²) < 4.78 is 53.6. The Balaban J connectivity index is 1.84. The Labute approximate surface area is 144 Å². The molecule has 1 amide bonds. The van der Waals surface area contributed by atoms with Gasteiger partial charge in [0.25, 0.3) is 0 Å². The molecule has 25 heavy (non-hydrogen) atoms. The van der Waals surface area contributed by atoms with Gasteiger partial charge in [0.15, 0.2) is 11.6 Å². The number of halogens is 2. The summed E-state index contributed by atoms with van der Waals surface area (Å²) in [6.45, 7) is 0.195. The van der Waals surface area contributed by atoms with Gasteiger partial charge in [-0.2, -0.15) is 4.31 Å². The van der Waals surface area contributed by atoms with Crippen LogP contribution in [-0.2, 0) is 14.8 Å². The molecule has 0 saturated carbocycles. The van der Waals surface area contributed by atoms with Gasteiger partial charge in [-0.1, -0.05) is 24.3 Å². The zero-order valence-corrected chi connectivity index (χ0v) is 14.0. The third-order valence-corrected chi connectivity index (χ3v) is 5.99. The number of hydrogen-bond donors (Lipinski definition) is 1. The lowest BCUT2D eigenvalue weighted by atomic mass is 10.2. The number of sulfonamides is 1. The molecule has 0 spiro atoms. The zero-order valence-electron chi connectivity index (χ0n) is 13.2. The quantitative estimate of drug-likeness (QED) is 0.905. The first kappa shape index (κ1) is 17.5. The van der Waals surface area contributed by atoms with Gasteiger partial charge in [0.1, 0.15) is 6.04 Å². The Kier molecular flexibility index (Phi) is 4.82. The molecule has 1 heterocycles. The first-order chi connectivity index (χ1) is 11.9. The fourth-order valence-electron chi connectivity index (χ4n) is 2.83. The van der Waals surface area contributed by atoms with Crippen LogP contribution in [0.25, 0.3) is 0 Å². The van der Waals surface area contributed by atoms with Gasteiger partial charge < -0.3 is 5.32 Å². The minimum Gasteiger partial charge on any atom is -0.322 e. The van der Waals surface area contributed by atoms with Crippen LogP contribution in [0.3, 0.4) is 0 Å². The van der Waals surface area contributed by atoms with Gasteiger partial charge in [-0.15, -0.1) is 0 Å². The third kappa shape index (κ3) is 3.40. The van der Waals surface area contributed by atoms with E-state index >= 15 is 0 Å². The lowest BCUT2D eigenvalue weighted by molar-refractivity contribution is -0.119. The predicted molar refractivity (Wildman–Crippen MR) is 88.3 cm³/mol. The van der Waals surface area contributed by atoms with Crippen molar-refractivity contribution in [2.75, 3.05) is 11.9 Å². The second kappa shape index (κ2) is 6.89. The Morgan fingerprint density at radius 1 is 1.08 bits per heavy atom.